The third-order valence-corrected chi connectivity index (χ3v) is 4.74. The third kappa shape index (κ3) is 2.44. The van der Waals surface area contributed by atoms with Crippen molar-refractivity contribution in [3.05, 3.63) is 82.9 Å². The lowest BCUT2D eigenvalue weighted by atomic mass is 9.81. The van der Waals surface area contributed by atoms with Crippen LogP contribution >= 0.6 is 0 Å². The zero-order valence-electron chi connectivity index (χ0n) is 13.4. The lowest BCUT2D eigenvalue weighted by Gasteiger charge is -2.24. The van der Waals surface area contributed by atoms with E-state index in [-0.39, 0.29) is 17.5 Å². The maximum atomic E-state index is 13.2. The van der Waals surface area contributed by atoms with Gasteiger partial charge in [0.25, 0.3) is 0 Å². The van der Waals surface area contributed by atoms with Gasteiger partial charge in [0.05, 0.1) is 23.1 Å². The van der Waals surface area contributed by atoms with Crippen molar-refractivity contribution in [2.24, 2.45) is 0 Å². The SMILES string of the molecule is Cc1ccccc1C1CC(=O)c2cnn(-c3ccc(F)cc3)c2C1. The fourth-order valence-electron chi connectivity index (χ4n) is 3.51. The summed E-state index contributed by atoms with van der Waals surface area (Å²) in [4.78, 5) is 12.6. The summed E-state index contributed by atoms with van der Waals surface area (Å²) in [5.41, 5.74) is 4.78. The van der Waals surface area contributed by atoms with Crippen LogP contribution in [-0.2, 0) is 6.42 Å². The molecule has 4 heteroatoms. The van der Waals surface area contributed by atoms with Gasteiger partial charge < -0.3 is 0 Å². The minimum absolute atomic E-state index is 0.123. The van der Waals surface area contributed by atoms with Crippen molar-refractivity contribution >= 4 is 5.78 Å². The van der Waals surface area contributed by atoms with E-state index in [0.717, 1.165) is 17.8 Å². The van der Waals surface area contributed by atoms with Gasteiger partial charge in [-0.1, -0.05) is 24.3 Å². The van der Waals surface area contributed by atoms with Crippen LogP contribution < -0.4 is 0 Å². The van der Waals surface area contributed by atoms with E-state index < -0.39 is 0 Å². The fraction of sp³-hybridized carbons (Fsp3) is 0.200. The molecule has 0 fully saturated rings. The number of Topliss-reactive ketones (excluding diaryl/α,β-unsaturated/α-hetero) is 1. The number of hydrogen-bond donors (Lipinski definition) is 0. The first-order chi connectivity index (χ1) is 11.6. The van der Waals surface area contributed by atoms with Gasteiger partial charge in [0, 0.05) is 6.42 Å². The summed E-state index contributed by atoms with van der Waals surface area (Å²) in [5.74, 6) is -0.00593. The van der Waals surface area contributed by atoms with Gasteiger partial charge in [0.15, 0.2) is 5.78 Å². The topological polar surface area (TPSA) is 34.9 Å². The number of carbonyl (C=O) groups excluding carboxylic acids is 1. The highest BCUT2D eigenvalue weighted by molar-refractivity contribution is 5.98. The van der Waals surface area contributed by atoms with Crippen molar-refractivity contribution in [2.75, 3.05) is 0 Å². The fourth-order valence-corrected chi connectivity index (χ4v) is 3.51. The second-order valence-electron chi connectivity index (χ2n) is 6.28. The van der Waals surface area contributed by atoms with Crippen LogP contribution in [0.2, 0.25) is 0 Å². The molecule has 0 aliphatic heterocycles. The molecule has 0 spiro atoms. The second-order valence-corrected chi connectivity index (χ2v) is 6.28. The number of aryl methyl sites for hydroxylation is 1. The third-order valence-electron chi connectivity index (χ3n) is 4.74. The van der Waals surface area contributed by atoms with Gasteiger partial charge in [0.1, 0.15) is 5.82 Å². The van der Waals surface area contributed by atoms with Crippen molar-refractivity contribution in [2.45, 2.75) is 25.7 Å². The van der Waals surface area contributed by atoms with Crippen molar-refractivity contribution in [1.29, 1.82) is 0 Å². The van der Waals surface area contributed by atoms with Crippen LogP contribution in [-0.4, -0.2) is 15.6 Å². The van der Waals surface area contributed by atoms with E-state index in [0.29, 0.717) is 12.0 Å². The molecule has 0 bridgehead atoms. The molecule has 120 valence electrons. The Morgan fingerprint density at radius 1 is 1.08 bits per heavy atom. The Kier molecular flexibility index (Phi) is 3.53. The van der Waals surface area contributed by atoms with E-state index in [1.165, 1.54) is 23.3 Å². The van der Waals surface area contributed by atoms with Crippen LogP contribution in [0.3, 0.4) is 0 Å². The summed E-state index contributed by atoms with van der Waals surface area (Å²) >= 11 is 0. The molecule has 4 rings (SSSR count). The maximum Gasteiger partial charge on any atom is 0.166 e. The summed E-state index contributed by atoms with van der Waals surface area (Å²) in [7, 11) is 0. The van der Waals surface area contributed by atoms with Crippen molar-refractivity contribution in [3.8, 4) is 5.69 Å². The molecule has 3 aromatic rings. The summed E-state index contributed by atoms with van der Waals surface area (Å²) in [6.07, 6.45) is 2.89. The van der Waals surface area contributed by atoms with Gasteiger partial charge in [-0.2, -0.15) is 5.10 Å². The molecule has 1 unspecified atom stereocenters. The molecule has 3 nitrogen and oxygen atoms in total. The number of rotatable bonds is 2. The largest absolute Gasteiger partial charge is 0.294 e. The first kappa shape index (κ1) is 14.8. The summed E-state index contributed by atoms with van der Waals surface area (Å²) in [5, 5.41) is 4.37. The Bertz CT molecular complexity index is 912. The lowest BCUT2D eigenvalue weighted by molar-refractivity contribution is 0.0963. The van der Waals surface area contributed by atoms with Gasteiger partial charge in [-0.05, 0) is 54.7 Å². The molecule has 1 atom stereocenters. The highest BCUT2D eigenvalue weighted by Gasteiger charge is 2.30. The van der Waals surface area contributed by atoms with Gasteiger partial charge in [-0.3, -0.25) is 4.79 Å². The van der Waals surface area contributed by atoms with E-state index in [1.54, 1.807) is 23.0 Å². The van der Waals surface area contributed by atoms with Crippen molar-refractivity contribution in [1.82, 2.24) is 9.78 Å². The quantitative estimate of drug-likeness (QED) is 0.708. The van der Waals surface area contributed by atoms with Gasteiger partial charge in [-0.15, -0.1) is 0 Å². The normalized spacial score (nSPS) is 16.9. The van der Waals surface area contributed by atoms with Crippen LogP contribution in [0.1, 0.15) is 39.5 Å². The molecular weight excluding hydrogens is 303 g/mol. The monoisotopic (exact) mass is 320 g/mol. The number of hydrogen-bond acceptors (Lipinski definition) is 2. The highest BCUT2D eigenvalue weighted by atomic mass is 19.1. The summed E-state index contributed by atoms with van der Waals surface area (Å²) < 4.78 is 14.9. The number of nitrogens with zero attached hydrogens (tertiary/aromatic N) is 2. The molecule has 0 N–H and O–H groups in total. The number of ketones is 1. The predicted molar refractivity (Wildman–Crippen MR) is 90.1 cm³/mol. The summed E-state index contributed by atoms with van der Waals surface area (Å²) in [6.45, 7) is 2.08. The molecule has 2 aromatic carbocycles. The number of carbonyl (C=O) groups is 1. The molecule has 0 radical (unpaired) electrons. The van der Waals surface area contributed by atoms with Crippen LogP contribution in [0.4, 0.5) is 4.39 Å². The Labute approximate surface area is 139 Å². The number of halogens is 1. The molecule has 24 heavy (non-hydrogen) atoms. The minimum Gasteiger partial charge on any atom is -0.294 e. The molecule has 0 saturated heterocycles. The number of benzene rings is 2. The van der Waals surface area contributed by atoms with E-state index in [9.17, 15) is 9.18 Å². The van der Waals surface area contributed by atoms with Crippen LogP contribution in [0.5, 0.6) is 0 Å². The number of aromatic nitrogens is 2. The van der Waals surface area contributed by atoms with Crippen LogP contribution in [0, 0.1) is 12.7 Å². The average Bonchev–Trinajstić information content (AvgIpc) is 3.00. The molecule has 0 amide bonds. The predicted octanol–water partition coefficient (Wildman–Crippen LogP) is 4.23. The summed E-state index contributed by atoms with van der Waals surface area (Å²) in [6, 6.07) is 14.4. The zero-order chi connectivity index (χ0) is 16.7. The van der Waals surface area contributed by atoms with Crippen molar-refractivity contribution < 1.29 is 9.18 Å². The first-order valence-corrected chi connectivity index (χ1v) is 8.05. The molecule has 1 aliphatic carbocycles. The Morgan fingerprint density at radius 3 is 2.58 bits per heavy atom. The van der Waals surface area contributed by atoms with E-state index in [4.69, 9.17) is 0 Å². The number of fused-ring (bicyclic) bond motifs is 1. The standard InChI is InChI=1S/C20H17FN2O/c1-13-4-2-3-5-17(13)14-10-19-18(20(24)11-14)12-22-23(19)16-8-6-15(21)7-9-16/h2-9,12,14H,10-11H2,1H3. The van der Waals surface area contributed by atoms with Crippen LogP contribution in [0.25, 0.3) is 5.69 Å². The van der Waals surface area contributed by atoms with Gasteiger partial charge in [0.2, 0.25) is 0 Å². The average molecular weight is 320 g/mol. The highest BCUT2D eigenvalue weighted by Crippen LogP contribution is 2.34. The van der Waals surface area contributed by atoms with E-state index in [2.05, 4.69) is 24.2 Å². The Morgan fingerprint density at radius 2 is 1.83 bits per heavy atom. The smallest absolute Gasteiger partial charge is 0.166 e. The molecule has 0 saturated carbocycles. The van der Waals surface area contributed by atoms with E-state index >= 15 is 0 Å². The van der Waals surface area contributed by atoms with Gasteiger partial charge >= 0.3 is 0 Å². The Hall–Kier alpha value is -2.75. The lowest BCUT2D eigenvalue weighted by Crippen LogP contribution is -2.20. The molecule has 1 aromatic heterocycles. The maximum absolute atomic E-state index is 13.2. The molecule has 1 heterocycles. The van der Waals surface area contributed by atoms with Gasteiger partial charge in [-0.25, -0.2) is 9.07 Å². The zero-order valence-corrected chi connectivity index (χ0v) is 13.4. The van der Waals surface area contributed by atoms with Crippen LogP contribution in [0.15, 0.2) is 54.7 Å². The first-order valence-electron chi connectivity index (χ1n) is 8.05. The Balaban J connectivity index is 1.76. The van der Waals surface area contributed by atoms with E-state index in [1.807, 2.05) is 12.1 Å². The second kappa shape index (κ2) is 5.71. The minimum atomic E-state index is -0.284. The van der Waals surface area contributed by atoms with Crippen molar-refractivity contribution in [3.63, 3.8) is 0 Å². The molecule has 1 aliphatic rings. The molecular formula is C20H17FN2O.